The van der Waals surface area contributed by atoms with Crippen molar-refractivity contribution >= 4 is 33.3 Å². The molecule has 2 rings (SSSR count). The first-order valence-corrected chi connectivity index (χ1v) is 7.09. The molecule has 1 nitrogen and oxygen atoms in total. The van der Waals surface area contributed by atoms with Crippen LogP contribution in [0.5, 0.6) is 0 Å². The Hall–Kier alpha value is -1.33. The van der Waals surface area contributed by atoms with Crippen LogP contribution in [0.1, 0.15) is 21.5 Å². The Balaban J connectivity index is 2.21. The van der Waals surface area contributed by atoms with Crippen molar-refractivity contribution < 1.29 is 18.0 Å². The highest BCUT2D eigenvalue weighted by molar-refractivity contribution is 9.10. The topological polar surface area (TPSA) is 17.1 Å². The van der Waals surface area contributed by atoms with Crippen LogP contribution in [0.25, 0.3) is 0 Å². The van der Waals surface area contributed by atoms with E-state index in [1.165, 1.54) is 18.2 Å². The molecule has 0 atom stereocenters. The van der Waals surface area contributed by atoms with Gasteiger partial charge in [0.2, 0.25) is 0 Å². The number of rotatable bonds is 3. The van der Waals surface area contributed by atoms with Crippen LogP contribution in [0.15, 0.2) is 46.9 Å². The zero-order valence-corrected chi connectivity index (χ0v) is 12.9. The van der Waals surface area contributed by atoms with Crippen LogP contribution >= 0.6 is 27.5 Å². The first-order chi connectivity index (χ1) is 9.77. The number of halogens is 5. The molecule has 0 radical (unpaired) electrons. The van der Waals surface area contributed by atoms with Crippen LogP contribution in [0.3, 0.4) is 0 Å². The molecule has 2 aromatic carbocycles. The first-order valence-electron chi connectivity index (χ1n) is 5.92. The fourth-order valence-electron chi connectivity index (χ4n) is 1.81. The van der Waals surface area contributed by atoms with Gasteiger partial charge in [0.25, 0.3) is 0 Å². The Morgan fingerprint density at radius 1 is 1.14 bits per heavy atom. The summed E-state index contributed by atoms with van der Waals surface area (Å²) in [5, 5.41) is 0.380. The molecule has 6 heteroatoms. The average molecular weight is 378 g/mol. The van der Waals surface area contributed by atoms with E-state index in [9.17, 15) is 18.0 Å². The van der Waals surface area contributed by atoms with Crippen molar-refractivity contribution in [1.82, 2.24) is 0 Å². The maximum Gasteiger partial charge on any atom is 0.416 e. The van der Waals surface area contributed by atoms with Crippen LogP contribution < -0.4 is 0 Å². The van der Waals surface area contributed by atoms with Gasteiger partial charge in [-0.05, 0) is 39.7 Å². The fourth-order valence-corrected chi connectivity index (χ4v) is 2.24. The third-order valence-electron chi connectivity index (χ3n) is 2.86. The predicted octanol–water partition coefficient (Wildman–Crippen LogP) is 5.55. The number of Topliss-reactive ketones (excluding diaryl/α,β-unsaturated/α-hetero) is 1. The van der Waals surface area contributed by atoms with E-state index in [2.05, 4.69) is 15.9 Å². The summed E-state index contributed by atoms with van der Waals surface area (Å²) >= 11 is 9.11. The number of carbonyl (C=O) groups is 1. The van der Waals surface area contributed by atoms with Crippen LogP contribution in [0, 0.1) is 0 Å². The van der Waals surface area contributed by atoms with E-state index in [0.717, 1.165) is 12.1 Å². The third kappa shape index (κ3) is 4.08. The number of carbonyl (C=O) groups excluding carboxylic acids is 1. The molecule has 2 aromatic rings. The third-order valence-corrected chi connectivity index (χ3v) is 4.09. The molecule has 110 valence electrons. The standard InChI is InChI=1S/C15H9BrClF3O/c16-12-5-4-10(8-13(12)17)14(21)7-9-2-1-3-11(6-9)15(18,19)20/h1-6,8H,7H2. The van der Waals surface area contributed by atoms with E-state index in [-0.39, 0.29) is 12.2 Å². The second kappa shape index (κ2) is 6.20. The van der Waals surface area contributed by atoms with Gasteiger partial charge in [0, 0.05) is 16.5 Å². The molecule has 0 amide bonds. The molecule has 0 aliphatic rings. The predicted molar refractivity (Wildman–Crippen MR) is 78.6 cm³/mol. The van der Waals surface area contributed by atoms with Gasteiger partial charge in [-0.2, -0.15) is 13.2 Å². The molecule has 0 aliphatic heterocycles. The van der Waals surface area contributed by atoms with Gasteiger partial charge in [-0.1, -0.05) is 35.9 Å². The second-order valence-corrected chi connectivity index (χ2v) is 5.69. The van der Waals surface area contributed by atoms with Crippen molar-refractivity contribution in [1.29, 1.82) is 0 Å². The second-order valence-electron chi connectivity index (χ2n) is 4.43. The Kier molecular flexibility index (Phi) is 4.74. The highest BCUT2D eigenvalue weighted by Crippen LogP contribution is 2.30. The maximum absolute atomic E-state index is 12.6. The summed E-state index contributed by atoms with van der Waals surface area (Å²) in [5.41, 5.74) is -0.0869. The van der Waals surface area contributed by atoms with E-state index >= 15 is 0 Å². The molecule has 0 aliphatic carbocycles. The van der Waals surface area contributed by atoms with Crippen molar-refractivity contribution in [3.63, 3.8) is 0 Å². The van der Waals surface area contributed by atoms with Gasteiger partial charge in [0.05, 0.1) is 10.6 Å². The lowest BCUT2D eigenvalue weighted by atomic mass is 10.0. The highest BCUT2D eigenvalue weighted by atomic mass is 79.9. The van der Waals surface area contributed by atoms with Crippen molar-refractivity contribution in [2.75, 3.05) is 0 Å². The van der Waals surface area contributed by atoms with Crippen molar-refractivity contribution in [3.05, 3.63) is 68.7 Å². The molecule has 0 unspecified atom stereocenters. The molecule has 0 aromatic heterocycles. The fraction of sp³-hybridized carbons (Fsp3) is 0.133. The van der Waals surface area contributed by atoms with Gasteiger partial charge < -0.3 is 0 Å². The molecular weight excluding hydrogens is 369 g/mol. The lowest BCUT2D eigenvalue weighted by Crippen LogP contribution is -2.08. The van der Waals surface area contributed by atoms with Crippen LogP contribution in [-0.4, -0.2) is 5.78 Å². The number of benzene rings is 2. The normalized spacial score (nSPS) is 11.5. The molecule has 0 spiro atoms. The summed E-state index contributed by atoms with van der Waals surface area (Å²) < 4.78 is 38.5. The smallest absolute Gasteiger partial charge is 0.294 e. The largest absolute Gasteiger partial charge is 0.416 e. The van der Waals surface area contributed by atoms with Gasteiger partial charge in [-0.15, -0.1) is 0 Å². The van der Waals surface area contributed by atoms with E-state index < -0.39 is 11.7 Å². The van der Waals surface area contributed by atoms with Crippen LogP contribution in [-0.2, 0) is 12.6 Å². The minimum absolute atomic E-state index is 0.109. The minimum Gasteiger partial charge on any atom is -0.294 e. The summed E-state index contributed by atoms with van der Waals surface area (Å²) in [6, 6.07) is 9.44. The summed E-state index contributed by atoms with van der Waals surface area (Å²) in [4.78, 5) is 12.1. The molecule has 0 heterocycles. The highest BCUT2D eigenvalue weighted by Gasteiger charge is 2.30. The minimum atomic E-state index is -4.42. The molecule has 0 bridgehead atoms. The molecule has 21 heavy (non-hydrogen) atoms. The average Bonchev–Trinajstić information content (AvgIpc) is 2.41. The lowest BCUT2D eigenvalue weighted by molar-refractivity contribution is -0.137. The van der Waals surface area contributed by atoms with E-state index in [0.29, 0.717) is 20.6 Å². The monoisotopic (exact) mass is 376 g/mol. The van der Waals surface area contributed by atoms with E-state index in [1.54, 1.807) is 12.1 Å². The quantitative estimate of drug-likeness (QED) is 0.641. The number of hydrogen-bond donors (Lipinski definition) is 0. The van der Waals surface area contributed by atoms with E-state index in [4.69, 9.17) is 11.6 Å². The molecule has 0 saturated heterocycles. The van der Waals surface area contributed by atoms with Crippen LogP contribution in [0.4, 0.5) is 13.2 Å². The van der Waals surface area contributed by atoms with Gasteiger partial charge in [0.1, 0.15) is 0 Å². The Bertz CT molecular complexity index is 683. The Labute approximate surface area is 132 Å². The zero-order chi connectivity index (χ0) is 15.6. The summed E-state index contributed by atoms with van der Waals surface area (Å²) in [6.07, 6.45) is -4.53. The van der Waals surface area contributed by atoms with Gasteiger partial charge in [-0.3, -0.25) is 4.79 Å². The number of ketones is 1. The molecule has 0 fully saturated rings. The molecular formula is C15H9BrClF3O. The number of hydrogen-bond acceptors (Lipinski definition) is 1. The van der Waals surface area contributed by atoms with Crippen molar-refractivity contribution in [2.45, 2.75) is 12.6 Å². The van der Waals surface area contributed by atoms with Gasteiger partial charge in [0.15, 0.2) is 5.78 Å². The lowest BCUT2D eigenvalue weighted by Gasteiger charge is -2.08. The Morgan fingerprint density at radius 3 is 2.48 bits per heavy atom. The summed E-state index contributed by atoms with van der Waals surface area (Å²) in [5.74, 6) is -0.288. The van der Waals surface area contributed by atoms with Gasteiger partial charge in [-0.25, -0.2) is 0 Å². The van der Waals surface area contributed by atoms with E-state index in [1.807, 2.05) is 0 Å². The summed E-state index contributed by atoms with van der Waals surface area (Å²) in [6.45, 7) is 0. The molecule has 0 N–H and O–H groups in total. The number of alkyl halides is 3. The van der Waals surface area contributed by atoms with Crippen molar-refractivity contribution in [3.8, 4) is 0 Å². The SMILES string of the molecule is O=C(Cc1cccc(C(F)(F)F)c1)c1ccc(Br)c(Cl)c1. The molecule has 0 saturated carbocycles. The van der Waals surface area contributed by atoms with Crippen molar-refractivity contribution in [2.24, 2.45) is 0 Å². The first kappa shape index (κ1) is 16.0. The van der Waals surface area contributed by atoms with Crippen LogP contribution in [0.2, 0.25) is 5.02 Å². The maximum atomic E-state index is 12.6. The summed E-state index contributed by atoms with van der Waals surface area (Å²) in [7, 11) is 0. The zero-order valence-electron chi connectivity index (χ0n) is 10.5. The Morgan fingerprint density at radius 2 is 1.86 bits per heavy atom. The van der Waals surface area contributed by atoms with Gasteiger partial charge >= 0.3 is 6.18 Å².